The highest BCUT2D eigenvalue weighted by Gasteiger charge is 2.17. The van der Waals surface area contributed by atoms with Crippen molar-refractivity contribution in [1.82, 2.24) is 10.3 Å². The number of fused-ring (bicyclic) bond motifs is 1. The molecule has 1 N–H and O–H groups in total. The lowest BCUT2D eigenvalue weighted by atomic mass is 10.1. The monoisotopic (exact) mass is 424 g/mol. The second-order valence-electron chi connectivity index (χ2n) is 6.76. The van der Waals surface area contributed by atoms with Crippen molar-refractivity contribution in [3.63, 3.8) is 0 Å². The molecular formula is C23H18F2N2O2S. The molecule has 0 radical (unpaired) electrons. The lowest BCUT2D eigenvalue weighted by molar-refractivity contribution is 0.0939. The Morgan fingerprint density at radius 2 is 1.83 bits per heavy atom. The summed E-state index contributed by atoms with van der Waals surface area (Å²) in [6.07, 6.45) is 0. The van der Waals surface area contributed by atoms with E-state index >= 15 is 0 Å². The van der Waals surface area contributed by atoms with Crippen molar-refractivity contribution in [2.45, 2.75) is 23.9 Å². The largest absolute Gasteiger partial charge is 0.431 e. The molecule has 0 aliphatic rings. The lowest BCUT2D eigenvalue weighted by Crippen LogP contribution is -2.27. The summed E-state index contributed by atoms with van der Waals surface area (Å²) < 4.78 is 32.4. The normalized spacial score (nSPS) is 12.1. The first-order valence-electron chi connectivity index (χ1n) is 9.33. The van der Waals surface area contributed by atoms with Crippen LogP contribution in [0.2, 0.25) is 0 Å². The van der Waals surface area contributed by atoms with Gasteiger partial charge in [-0.1, -0.05) is 48.2 Å². The molecule has 4 rings (SSSR count). The maximum atomic E-state index is 13.5. The van der Waals surface area contributed by atoms with Gasteiger partial charge in [-0.25, -0.2) is 13.8 Å². The van der Waals surface area contributed by atoms with E-state index in [1.165, 1.54) is 17.8 Å². The van der Waals surface area contributed by atoms with E-state index in [2.05, 4.69) is 10.3 Å². The first kappa shape index (κ1) is 20.1. The van der Waals surface area contributed by atoms with Gasteiger partial charge >= 0.3 is 0 Å². The summed E-state index contributed by atoms with van der Waals surface area (Å²) in [4.78, 5) is 17.3. The minimum atomic E-state index is -0.941. The molecule has 1 amide bonds. The summed E-state index contributed by atoms with van der Waals surface area (Å²) >= 11 is 1.40. The fourth-order valence-corrected chi connectivity index (χ4v) is 3.90. The Balaban J connectivity index is 1.47. The van der Waals surface area contributed by atoms with Crippen LogP contribution in [-0.4, -0.2) is 10.9 Å². The third-order valence-electron chi connectivity index (χ3n) is 4.68. The van der Waals surface area contributed by atoms with Gasteiger partial charge in [-0.05, 0) is 48.4 Å². The highest BCUT2D eigenvalue weighted by Crippen LogP contribution is 2.27. The van der Waals surface area contributed by atoms with Gasteiger partial charge in [0.2, 0.25) is 0 Å². The number of hydrogen-bond donors (Lipinski definition) is 1. The molecule has 30 heavy (non-hydrogen) atoms. The zero-order valence-corrected chi connectivity index (χ0v) is 16.9. The van der Waals surface area contributed by atoms with E-state index < -0.39 is 17.7 Å². The van der Waals surface area contributed by atoms with E-state index in [4.69, 9.17) is 4.42 Å². The molecule has 1 atom stereocenters. The number of oxazole rings is 1. The summed E-state index contributed by atoms with van der Waals surface area (Å²) in [6.45, 7) is 1.72. The molecule has 4 nitrogen and oxygen atoms in total. The lowest BCUT2D eigenvalue weighted by Gasteiger charge is -2.16. The van der Waals surface area contributed by atoms with Crippen LogP contribution in [0.15, 0.2) is 76.4 Å². The quantitative estimate of drug-likeness (QED) is 0.392. The van der Waals surface area contributed by atoms with Gasteiger partial charge in [0.25, 0.3) is 11.1 Å². The summed E-state index contributed by atoms with van der Waals surface area (Å²) in [5.74, 6) is -1.65. The van der Waals surface area contributed by atoms with Gasteiger partial charge in [-0.2, -0.15) is 0 Å². The van der Waals surface area contributed by atoms with Gasteiger partial charge in [0.05, 0.1) is 6.04 Å². The second-order valence-corrected chi connectivity index (χ2v) is 7.69. The Hall–Kier alpha value is -3.19. The number of nitrogens with zero attached hydrogens (tertiary/aromatic N) is 1. The SMILES string of the molecule is CC(NC(=O)c1ccccc1CSc1nc2ccccc2o1)c1ccc(F)c(F)c1. The fraction of sp³-hybridized carbons (Fsp3) is 0.130. The van der Waals surface area contributed by atoms with Crippen LogP contribution in [0.1, 0.15) is 34.5 Å². The molecular weight excluding hydrogens is 406 g/mol. The molecule has 0 aliphatic heterocycles. The topological polar surface area (TPSA) is 55.1 Å². The average molecular weight is 424 g/mol. The number of nitrogens with one attached hydrogen (secondary N) is 1. The highest BCUT2D eigenvalue weighted by molar-refractivity contribution is 7.98. The van der Waals surface area contributed by atoms with E-state index in [1.54, 1.807) is 19.1 Å². The third kappa shape index (κ3) is 4.36. The smallest absolute Gasteiger partial charge is 0.257 e. The van der Waals surface area contributed by atoms with Gasteiger partial charge in [-0.3, -0.25) is 4.79 Å². The maximum absolute atomic E-state index is 13.5. The molecule has 7 heteroatoms. The van der Waals surface area contributed by atoms with Crippen LogP contribution in [-0.2, 0) is 5.75 Å². The van der Waals surface area contributed by atoms with Gasteiger partial charge in [0, 0.05) is 11.3 Å². The number of para-hydroxylation sites is 2. The van der Waals surface area contributed by atoms with Crippen LogP contribution in [0.5, 0.6) is 0 Å². The molecule has 4 aromatic rings. The number of hydrogen-bond acceptors (Lipinski definition) is 4. The zero-order valence-electron chi connectivity index (χ0n) is 16.1. The number of rotatable bonds is 6. The first-order valence-corrected chi connectivity index (χ1v) is 10.3. The van der Waals surface area contributed by atoms with Crippen LogP contribution in [0.25, 0.3) is 11.1 Å². The van der Waals surface area contributed by atoms with Crippen molar-refractivity contribution in [3.8, 4) is 0 Å². The summed E-state index contributed by atoms with van der Waals surface area (Å²) in [5, 5.41) is 3.37. The maximum Gasteiger partial charge on any atom is 0.257 e. The number of amides is 1. The van der Waals surface area contributed by atoms with Gasteiger partial charge in [0.15, 0.2) is 17.2 Å². The number of halogens is 2. The number of carbonyl (C=O) groups excluding carboxylic acids is 1. The standard InChI is InChI=1S/C23H18F2N2O2S/c1-14(15-10-11-18(24)19(25)12-15)26-22(28)17-7-3-2-6-16(17)13-30-23-27-20-8-4-5-9-21(20)29-23/h2-12,14H,13H2,1H3,(H,26,28). The zero-order chi connectivity index (χ0) is 21.1. The second kappa shape index (κ2) is 8.67. The molecule has 1 aromatic heterocycles. The number of benzene rings is 3. The molecule has 1 unspecified atom stereocenters. The molecule has 0 saturated carbocycles. The summed E-state index contributed by atoms with van der Waals surface area (Å²) in [5.41, 5.74) is 3.31. The molecule has 1 heterocycles. The summed E-state index contributed by atoms with van der Waals surface area (Å²) in [6, 6.07) is 17.9. The molecule has 0 fully saturated rings. The Morgan fingerprint density at radius 3 is 2.63 bits per heavy atom. The van der Waals surface area contributed by atoms with Crippen LogP contribution < -0.4 is 5.32 Å². The van der Waals surface area contributed by atoms with Gasteiger partial charge in [0.1, 0.15) is 5.52 Å². The Labute approximate surface area is 176 Å². The number of carbonyl (C=O) groups is 1. The Morgan fingerprint density at radius 1 is 1.07 bits per heavy atom. The van der Waals surface area contributed by atoms with E-state index in [9.17, 15) is 13.6 Å². The van der Waals surface area contributed by atoms with E-state index in [-0.39, 0.29) is 5.91 Å². The van der Waals surface area contributed by atoms with Gasteiger partial charge < -0.3 is 9.73 Å². The highest BCUT2D eigenvalue weighted by atomic mass is 32.2. The average Bonchev–Trinajstić information content (AvgIpc) is 3.17. The van der Waals surface area contributed by atoms with Crippen molar-refractivity contribution in [3.05, 3.63) is 95.1 Å². The molecule has 0 spiro atoms. The number of aromatic nitrogens is 1. The molecule has 0 aliphatic carbocycles. The predicted octanol–water partition coefficient (Wildman–Crippen LogP) is 5.89. The molecule has 152 valence electrons. The Bertz CT molecular complexity index is 1180. The van der Waals surface area contributed by atoms with Gasteiger partial charge in [-0.15, -0.1) is 0 Å². The van der Waals surface area contributed by atoms with Crippen molar-refractivity contribution in [1.29, 1.82) is 0 Å². The van der Waals surface area contributed by atoms with Crippen LogP contribution >= 0.6 is 11.8 Å². The van der Waals surface area contributed by atoms with E-state index in [0.717, 1.165) is 23.2 Å². The van der Waals surface area contributed by atoms with Crippen molar-refractivity contribution in [2.75, 3.05) is 0 Å². The van der Waals surface area contributed by atoms with Crippen molar-refractivity contribution in [2.24, 2.45) is 0 Å². The third-order valence-corrected chi connectivity index (χ3v) is 5.56. The van der Waals surface area contributed by atoms with Crippen molar-refractivity contribution < 1.29 is 18.0 Å². The molecule has 0 bridgehead atoms. The van der Waals surface area contributed by atoms with Crippen LogP contribution in [0, 0.1) is 11.6 Å². The van der Waals surface area contributed by atoms with Crippen LogP contribution in [0.3, 0.4) is 0 Å². The minimum Gasteiger partial charge on any atom is -0.431 e. The number of thioether (sulfide) groups is 1. The van der Waals surface area contributed by atoms with E-state index in [0.29, 0.717) is 27.7 Å². The fourth-order valence-electron chi connectivity index (χ4n) is 3.06. The minimum absolute atomic E-state index is 0.291. The summed E-state index contributed by atoms with van der Waals surface area (Å²) in [7, 11) is 0. The van der Waals surface area contributed by atoms with Crippen LogP contribution in [0.4, 0.5) is 8.78 Å². The first-order chi connectivity index (χ1) is 14.5. The predicted molar refractivity (Wildman–Crippen MR) is 112 cm³/mol. The Kier molecular flexibility index (Phi) is 5.81. The van der Waals surface area contributed by atoms with Crippen molar-refractivity contribution >= 4 is 28.8 Å². The molecule has 3 aromatic carbocycles. The molecule has 0 saturated heterocycles. The van der Waals surface area contributed by atoms with E-state index in [1.807, 2.05) is 36.4 Å².